The van der Waals surface area contributed by atoms with Crippen LogP contribution in [0, 0.1) is 20.8 Å². The van der Waals surface area contributed by atoms with Crippen LogP contribution in [0.2, 0.25) is 0 Å². The van der Waals surface area contributed by atoms with Gasteiger partial charge in [0.05, 0.1) is 0 Å². The molecular weight excluding hydrogens is 412 g/mol. The summed E-state index contributed by atoms with van der Waals surface area (Å²) >= 11 is 0. The zero-order valence-electron chi connectivity index (χ0n) is 19.8. The summed E-state index contributed by atoms with van der Waals surface area (Å²) in [5.41, 5.74) is 11.8. The maximum atomic E-state index is 11.9. The van der Waals surface area contributed by atoms with Crippen LogP contribution in [0.15, 0.2) is 109 Å². The molecular formula is C33H28O. The molecule has 0 bridgehead atoms. The van der Waals surface area contributed by atoms with E-state index in [0.29, 0.717) is 5.75 Å². The zero-order chi connectivity index (χ0) is 23.7. The standard InChI is InChI=1S/C33H28O/c1-22-23(2)31(29-20-12-10-18-27(29)25-14-6-4-7-15-25)33(34)32(24(22)3)30-21-13-11-19-28(30)26-16-8-5-9-17-26/h4-21,34H,1-3H3. The van der Waals surface area contributed by atoms with Crippen LogP contribution in [0.25, 0.3) is 44.5 Å². The molecule has 0 aliphatic carbocycles. The second-order valence-electron chi connectivity index (χ2n) is 8.80. The third-order valence-corrected chi connectivity index (χ3v) is 6.91. The highest BCUT2D eigenvalue weighted by molar-refractivity contribution is 5.96. The van der Waals surface area contributed by atoms with Crippen molar-refractivity contribution in [3.8, 4) is 50.3 Å². The van der Waals surface area contributed by atoms with Crippen molar-refractivity contribution in [2.24, 2.45) is 0 Å². The Balaban J connectivity index is 1.82. The third kappa shape index (κ3) is 3.70. The van der Waals surface area contributed by atoms with Crippen molar-refractivity contribution >= 4 is 0 Å². The van der Waals surface area contributed by atoms with Crippen LogP contribution < -0.4 is 0 Å². The van der Waals surface area contributed by atoms with E-state index in [1.165, 1.54) is 5.56 Å². The van der Waals surface area contributed by atoms with E-state index in [1.54, 1.807) is 0 Å². The fourth-order valence-electron chi connectivity index (χ4n) is 4.94. The van der Waals surface area contributed by atoms with Gasteiger partial charge in [-0.25, -0.2) is 0 Å². The summed E-state index contributed by atoms with van der Waals surface area (Å²) in [6.45, 7) is 6.39. The minimum atomic E-state index is 0.340. The van der Waals surface area contributed by atoms with Crippen molar-refractivity contribution in [3.05, 3.63) is 126 Å². The Morgan fingerprint density at radius 3 is 1.09 bits per heavy atom. The van der Waals surface area contributed by atoms with Crippen molar-refractivity contribution < 1.29 is 5.11 Å². The molecule has 1 N–H and O–H groups in total. The molecule has 0 saturated carbocycles. The molecule has 0 unspecified atom stereocenters. The number of hydrogen-bond donors (Lipinski definition) is 1. The lowest BCUT2D eigenvalue weighted by atomic mass is 9.82. The quantitative estimate of drug-likeness (QED) is 0.296. The fourth-order valence-corrected chi connectivity index (χ4v) is 4.94. The van der Waals surface area contributed by atoms with Crippen LogP contribution in [0.5, 0.6) is 5.75 Å². The molecule has 5 aromatic rings. The molecule has 0 fully saturated rings. The summed E-state index contributed by atoms with van der Waals surface area (Å²) in [5.74, 6) is 0.340. The van der Waals surface area contributed by atoms with Gasteiger partial charge >= 0.3 is 0 Å². The van der Waals surface area contributed by atoms with Crippen molar-refractivity contribution in [2.45, 2.75) is 20.8 Å². The molecule has 5 aromatic carbocycles. The molecule has 1 heteroatoms. The lowest BCUT2D eigenvalue weighted by Gasteiger charge is -2.23. The Kier molecular flexibility index (Phi) is 5.77. The Hall–Kier alpha value is -4.10. The first kappa shape index (κ1) is 21.7. The lowest BCUT2D eigenvalue weighted by Crippen LogP contribution is -1.99. The molecule has 0 heterocycles. The van der Waals surface area contributed by atoms with Crippen molar-refractivity contribution in [3.63, 3.8) is 0 Å². The smallest absolute Gasteiger partial charge is 0.131 e. The Labute approximate surface area is 202 Å². The summed E-state index contributed by atoms with van der Waals surface area (Å²) < 4.78 is 0. The van der Waals surface area contributed by atoms with Gasteiger partial charge in [0.25, 0.3) is 0 Å². The summed E-state index contributed by atoms with van der Waals surface area (Å²) in [5, 5.41) is 11.9. The van der Waals surface area contributed by atoms with Crippen LogP contribution in [0.4, 0.5) is 0 Å². The van der Waals surface area contributed by atoms with Gasteiger partial charge in [0.15, 0.2) is 0 Å². The molecule has 34 heavy (non-hydrogen) atoms. The van der Waals surface area contributed by atoms with E-state index < -0.39 is 0 Å². The monoisotopic (exact) mass is 440 g/mol. The van der Waals surface area contributed by atoms with Gasteiger partial charge in [-0.15, -0.1) is 0 Å². The summed E-state index contributed by atoms with van der Waals surface area (Å²) in [6, 6.07) is 37.5. The summed E-state index contributed by atoms with van der Waals surface area (Å²) in [4.78, 5) is 0. The van der Waals surface area contributed by atoms with Gasteiger partial charge < -0.3 is 5.11 Å². The van der Waals surface area contributed by atoms with E-state index in [1.807, 2.05) is 24.3 Å². The molecule has 0 spiro atoms. The molecule has 0 radical (unpaired) electrons. The Morgan fingerprint density at radius 1 is 0.382 bits per heavy atom. The van der Waals surface area contributed by atoms with Gasteiger partial charge in [0, 0.05) is 11.1 Å². The highest BCUT2D eigenvalue weighted by atomic mass is 16.3. The molecule has 0 aliphatic rings. The summed E-state index contributed by atoms with van der Waals surface area (Å²) in [6.07, 6.45) is 0. The van der Waals surface area contributed by atoms with Crippen LogP contribution in [-0.2, 0) is 0 Å². The van der Waals surface area contributed by atoms with Crippen molar-refractivity contribution in [1.29, 1.82) is 0 Å². The zero-order valence-corrected chi connectivity index (χ0v) is 19.8. The first-order valence-electron chi connectivity index (χ1n) is 11.7. The number of phenolic OH excluding ortho intramolecular Hbond substituents is 1. The molecule has 166 valence electrons. The second kappa shape index (κ2) is 9.03. The number of phenols is 1. The van der Waals surface area contributed by atoms with E-state index in [2.05, 4.69) is 106 Å². The topological polar surface area (TPSA) is 20.2 Å². The number of benzene rings is 5. The van der Waals surface area contributed by atoms with Crippen LogP contribution in [-0.4, -0.2) is 5.11 Å². The first-order valence-corrected chi connectivity index (χ1v) is 11.7. The molecule has 0 saturated heterocycles. The van der Waals surface area contributed by atoms with Crippen molar-refractivity contribution in [2.75, 3.05) is 0 Å². The van der Waals surface area contributed by atoms with Gasteiger partial charge in [-0.3, -0.25) is 0 Å². The maximum Gasteiger partial charge on any atom is 0.131 e. The number of aromatic hydroxyl groups is 1. The van der Waals surface area contributed by atoms with Crippen LogP contribution >= 0.6 is 0 Å². The molecule has 0 atom stereocenters. The highest BCUT2D eigenvalue weighted by Gasteiger charge is 2.23. The lowest BCUT2D eigenvalue weighted by molar-refractivity contribution is 0.478. The SMILES string of the molecule is Cc1c(C)c(-c2ccccc2-c2ccccc2)c(O)c(-c2ccccc2-c2ccccc2)c1C. The molecule has 0 aromatic heterocycles. The highest BCUT2D eigenvalue weighted by Crippen LogP contribution is 2.48. The van der Waals surface area contributed by atoms with E-state index in [0.717, 1.165) is 55.6 Å². The average molecular weight is 441 g/mol. The van der Waals surface area contributed by atoms with Gasteiger partial charge in [-0.1, -0.05) is 109 Å². The van der Waals surface area contributed by atoms with Gasteiger partial charge in [0.2, 0.25) is 0 Å². The predicted molar refractivity (Wildman–Crippen MR) is 144 cm³/mol. The fraction of sp³-hybridized carbons (Fsp3) is 0.0909. The average Bonchev–Trinajstić information content (AvgIpc) is 2.89. The number of hydrogen-bond acceptors (Lipinski definition) is 1. The largest absolute Gasteiger partial charge is 0.507 e. The van der Waals surface area contributed by atoms with E-state index in [9.17, 15) is 5.11 Å². The number of rotatable bonds is 4. The maximum absolute atomic E-state index is 11.9. The Bertz CT molecular complexity index is 1350. The van der Waals surface area contributed by atoms with Crippen LogP contribution in [0.3, 0.4) is 0 Å². The first-order chi connectivity index (χ1) is 16.6. The minimum Gasteiger partial charge on any atom is -0.507 e. The molecule has 5 rings (SSSR count). The molecule has 0 aliphatic heterocycles. The second-order valence-corrected chi connectivity index (χ2v) is 8.80. The summed E-state index contributed by atoms with van der Waals surface area (Å²) in [7, 11) is 0. The van der Waals surface area contributed by atoms with E-state index in [-0.39, 0.29) is 0 Å². The van der Waals surface area contributed by atoms with E-state index >= 15 is 0 Å². The normalized spacial score (nSPS) is 10.9. The molecule has 1 nitrogen and oxygen atoms in total. The van der Waals surface area contributed by atoms with Gasteiger partial charge in [0.1, 0.15) is 5.75 Å². The molecule has 0 amide bonds. The van der Waals surface area contributed by atoms with Crippen molar-refractivity contribution in [1.82, 2.24) is 0 Å². The van der Waals surface area contributed by atoms with Gasteiger partial charge in [-0.2, -0.15) is 0 Å². The third-order valence-electron chi connectivity index (χ3n) is 6.91. The van der Waals surface area contributed by atoms with Crippen LogP contribution in [0.1, 0.15) is 16.7 Å². The van der Waals surface area contributed by atoms with E-state index in [4.69, 9.17) is 0 Å². The van der Waals surface area contributed by atoms with Gasteiger partial charge in [-0.05, 0) is 70.8 Å². The minimum absolute atomic E-state index is 0.340. The predicted octanol–water partition coefficient (Wildman–Crippen LogP) is 8.99. The Morgan fingerprint density at radius 2 is 0.706 bits per heavy atom.